The number of hydrogen-bond acceptors (Lipinski definition) is 4. The molecule has 0 saturated heterocycles. The minimum Gasteiger partial charge on any atom is -0.477 e. The van der Waals surface area contributed by atoms with Crippen LogP contribution >= 0.6 is 0 Å². The maximum Gasteiger partial charge on any atom is 0.269 e. The highest BCUT2D eigenvalue weighted by Crippen LogP contribution is 2.35. The second-order valence-electron chi connectivity index (χ2n) is 8.17. The number of aromatic nitrogens is 2. The van der Waals surface area contributed by atoms with Gasteiger partial charge in [0.05, 0.1) is 17.7 Å². The lowest BCUT2D eigenvalue weighted by Crippen LogP contribution is -2.35. The minimum atomic E-state index is -2.84. The zero-order valence-electron chi connectivity index (χ0n) is 16.9. The molecule has 0 spiro atoms. The van der Waals surface area contributed by atoms with E-state index in [2.05, 4.69) is 9.97 Å². The molecule has 0 aliphatic rings. The standard InChI is InChI=1S/C22H23F4N3O/c1-12(9-22(2,3)27)11-30-21-16(20(25)26)6-13(10-29-21)15-4-5-28-18-8-14(23)7-17(24)19(15)18/h4-8,10,12,20H,9,11,27H2,1-3H3. The van der Waals surface area contributed by atoms with E-state index >= 15 is 0 Å². The lowest BCUT2D eigenvalue weighted by Gasteiger charge is -2.23. The highest BCUT2D eigenvalue weighted by atomic mass is 19.3. The van der Waals surface area contributed by atoms with Crippen molar-refractivity contribution in [3.05, 3.63) is 53.9 Å². The number of nitrogens with zero attached hydrogens (tertiary/aromatic N) is 2. The van der Waals surface area contributed by atoms with Crippen molar-refractivity contribution in [1.82, 2.24) is 9.97 Å². The van der Waals surface area contributed by atoms with E-state index in [4.69, 9.17) is 10.5 Å². The van der Waals surface area contributed by atoms with Crippen LogP contribution in [0.2, 0.25) is 0 Å². The van der Waals surface area contributed by atoms with Gasteiger partial charge in [0.15, 0.2) is 0 Å². The van der Waals surface area contributed by atoms with Crippen LogP contribution in [-0.2, 0) is 0 Å². The molecule has 0 bridgehead atoms. The monoisotopic (exact) mass is 421 g/mol. The predicted molar refractivity (Wildman–Crippen MR) is 107 cm³/mol. The van der Waals surface area contributed by atoms with Crippen LogP contribution in [0.1, 0.15) is 39.2 Å². The summed E-state index contributed by atoms with van der Waals surface area (Å²) in [7, 11) is 0. The van der Waals surface area contributed by atoms with E-state index in [1.54, 1.807) is 0 Å². The molecule has 1 atom stereocenters. The number of alkyl halides is 2. The van der Waals surface area contributed by atoms with Crippen LogP contribution in [0.4, 0.5) is 17.6 Å². The first-order chi connectivity index (χ1) is 14.0. The van der Waals surface area contributed by atoms with Crippen LogP contribution in [0.25, 0.3) is 22.0 Å². The number of nitrogens with two attached hydrogens (primary N) is 1. The molecule has 0 fully saturated rings. The first kappa shape index (κ1) is 22.0. The van der Waals surface area contributed by atoms with Crippen molar-refractivity contribution in [1.29, 1.82) is 0 Å². The van der Waals surface area contributed by atoms with Gasteiger partial charge in [-0.3, -0.25) is 4.98 Å². The molecule has 4 nitrogen and oxygen atoms in total. The Hall–Kier alpha value is -2.74. The van der Waals surface area contributed by atoms with Crippen molar-refractivity contribution >= 4 is 10.9 Å². The largest absolute Gasteiger partial charge is 0.477 e. The summed E-state index contributed by atoms with van der Waals surface area (Å²) in [6.45, 7) is 5.85. The summed E-state index contributed by atoms with van der Waals surface area (Å²) >= 11 is 0. The van der Waals surface area contributed by atoms with Gasteiger partial charge in [-0.25, -0.2) is 22.5 Å². The summed E-state index contributed by atoms with van der Waals surface area (Å²) in [6.07, 6.45) is 0.493. The van der Waals surface area contributed by atoms with Crippen LogP contribution in [0, 0.1) is 17.6 Å². The quantitative estimate of drug-likeness (QED) is 0.501. The molecule has 0 amide bonds. The van der Waals surface area contributed by atoms with Crippen molar-refractivity contribution in [2.75, 3.05) is 6.61 Å². The van der Waals surface area contributed by atoms with Crippen molar-refractivity contribution in [2.24, 2.45) is 11.7 Å². The third-order valence-corrected chi connectivity index (χ3v) is 4.56. The highest BCUT2D eigenvalue weighted by Gasteiger charge is 2.21. The van der Waals surface area contributed by atoms with Gasteiger partial charge in [-0.1, -0.05) is 6.92 Å². The maximum atomic E-state index is 14.4. The molecule has 30 heavy (non-hydrogen) atoms. The summed E-state index contributed by atoms with van der Waals surface area (Å²) in [5.41, 5.74) is 5.81. The molecule has 160 valence electrons. The van der Waals surface area contributed by atoms with Crippen LogP contribution < -0.4 is 10.5 Å². The van der Waals surface area contributed by atoms with E-state index in [9.17, 15) is 17.6 Å². The van der Waals surface area contributed by atoms with Crippen LogP contribution in [0.15, 0.2) is 36.7 Å². The van der Waals surface area contributed by atoms with Gasteiger partial charge in [-0.05, 0) is 43.9 Å². The third kappa shape index (κ3) is 5.05. The Kier molecular flexibility index (Phi) is 6.26. The lowest BCUT2D eigenvalue weighted by atomic mass is 9.93. The summed E-state index contributed by atoms with van der Waals surface area (Å²) in [6, 6.07) is 4.50. The molecule has 0 radical (unpaired) electrons. The summed E-state index contributed by atoms with van der Waals surface area (Å²) in [4.78, 5) is 8.01. The predicted octanol–water partition coefficient (Wildman–Crippen LogP) is 5.65. The maximum absolute atomic E-state index is 14.4. The fourth-order valence-electron chi connectivity index (χ4n) is 3.52. The molecule has 2 N–H and O–H groups in total. The van der Waals surface area contributed by atoms with E-state index in [1.165, 1.54) is 24.5 Å². The van der Waals surface area contributed by atoms with Gasteiger partial charge in [0.25, 0.3) is 6.43 Å². The van der Waals surface area contributed by atoms with E-state index < -0.39 is 29.2 Å². The Labute approximate surface area is 172 Å². The van der Waals surface area contributed by atoms with Crippen LogP contribution in [0.5, 0.6) is 5.88 Å². The average Bonchev–Trinajstić information content (AvgIpc) is 2.64. The van der Waals surface area contributed by atoms with E-state index in [-0.39, 0.29) is 40.4 Å². The van der Waals surface area contributed by atoms with Gasteiger partial charge in [0.2, 0.25) is 5.88 Å². The number of fused-ring (bicyclic) bond motifs is 1. The van der Waals surface area contributed by atoms with Gasteiger partial charge in [0, 0.05) is 41.0 Å². The van der Waals surface area contributed by atoms with Gasteiger partial charge < -0.3 is 10.5 Å². The lowest BCUT2D eigenvalue weighted by molar-refractivity contribution is 0.140. The normalized spacial score (nSPS) is 13.1. The molecule has 0 aliphatic carbocycles. The first-order valence-electron chi connectivity index (χ1n) is 9.49. The van der Waals surface area contributed by atoms with Gasteiger partial charge in [-0.15, -0.1) is 0 Å². The van der Waals surface area contributed by atoms with Crippen molar-refractivity contribution in [2.45, 2.75) is 39.2 Å². The van der Waals surface area contributed by atoms with Crippen molar-refractivity contribution in [3.63, 3.8) is 0 Å². The second kappa shape index (κ2) is 8.55. The zero-order valence-corrected chi connectivity index (χ0v) is 16.9. The van der Waals surface area contributed by atoms with Crippen LogP contribution in [0.3, 0.4) is 0 Å². The molecule has 0 aliphatic heterocycles. The Morgan fingerprint density at radius 2 is 1.87 bits per heavy atom. The van der Waals surface area contributed by atoms with Crippen molar-refractivity contribution < 1.29 is 22.3 Å². The molecule has 2 heterocycles. The molecule has 1 aromatic carbocycles. The van der Waals surface area contributed by atoms with E-state index in [1.807, 2.05) is 20.8 Å². The number of hydrogen-bond donors (Lipinski definition) is 1. The summed E-state index contributed by atoms with van der Waals surface area (Å²) < 4.78 is 60.8. The Bertz CT molecular complexity index is 1050. The Morgan fingerprint density at radius 1 is 1.13 bits per heavy atom. The van der Waals surface area contributed by atoms with Crippen LogP contribution in [-0.4, -0.2) is 22.1 Å². The summed E-state index contributed by atoms with van der Waals surface area (Å²) in [5, 5.41) is 0.0355. The summed E-state index contributed by atoms with van der Waals surface area (Å²) in [5.74, 6) is -1.75. The smallest absolute Gasteiger partial charge is 0.269 e. The Balaban J connectivity index is 1.96. The second-order valence-corrected chi connectivity index (χ2v) is 8.17. The number of pyridine rings is 2. The average molecular weight is 421 g/mol. The molecule has 2 aromatic heterocycles. The molecule has 8 heteroatoms. The topological polar surface area (TPSA) is 61.0 Å². The van der Waals surface area contributed by atoms with Gasteiger partial charge >= 0.3 is 0 Å². The number of benzene rings is 1. The zero-order chi connectivity index (χ0) is 22.1. The highest BCUT2D eigenvalue weighted by molar-refractivity contribution is 5.94. The van der Waals surface area contributed by atoms with Gasteiger partial charge in [0.1, 0.15) is 11.6 Å². The molecule has 3 rings (SSSR count). The fraction of sp³-hybridized carbons (Fsp3) is 0.364. The number of halogens is 4. The third-order valence-electron chi connectivity index (χ3n) is 4.56. The molecular weight excluding hydrogens is 398 g/mol. The van der Waals surface area contributed by atoms with Gasteiger partial charge in [-0.2, -0.15) is 0 Å². The SMILES string of the molecule is CC(COc1ncc(-c2ccnc3cc(F)cc(F)c23)cc1C(F)F)CC(C)(C)N. The fourth-order valence-corrected chi connectivity index (χ4v) is 3.52. The van der Waals surface area contributed by atoms with E-state index in [0.29, 0.717) is 6.42 Å². The molecule has 0 saturated carbocycles. The first-order valence-corrected chi connectivity index (χ1v) is 9.49. The molecular formula is C22H23F4N3O. The molecule has 1 unspecified atom stereocenters. The minimum absolute atomic E-state index is 0.0325. The number of ether oxygens (including phenoxy) is 1. The van der Waals surface area contributed by atoms with Crippen molar-refractivity contribution in [3.8, 4) is 17.0 Å². The molecule has 3 aromatic rings. The van der Waals surface area contributed by atoms with E-state index in [0.717, 1.165) is 12.1 Å². The number of rotatable bonds is 7. The Morgan fingerprint density at radius 3 is 2.53 bits per heavy atom.